The van der Waals surface area contributed by atoms with E-state index in [0.717, 1.165) is 19.3 Å². The van der Waals surface area contributed by atoms with Crippen LogP contribution in [0.4, 0.5) is 0 Å². The molecule has 1 saturated carbocycles. The summed E-state index contributed by atoms with van der Waals surface area (Å²) < 4.78 is 5.50. The fraction of sp³-hybridized carbons (Fsp3) is 0.529. The van der Waals surface area contributed by atoms with E-state index in [9.17, 15) is 14.7 Å². The van der Waals surface area contributed by atoms with Gasteiger partial charge in [0.2, 0.25) is 5.91 Å². The molecule has 0 heterocycles. The Bertz CT molecular complexity index is 582. The summed E-state index contributed by atoms with van der Waals surface area (Å²) in [4.78, 5) is 24.0. The number of para-hydroxylation sites is 1. The zero-order chi connectivity index (χ0) is 16.9. The molecule has 0 aliphatic heterocycles. The van der Waals surface area contributed by atoms with Gasteiger partial charge in [-0.15, -0.1) is 0 Å². The Hall–Kier alpha value is -1.75. The van der Waals surface area contributed by atoms with Gasteiger partial charge in [-0.05, 0) is 25.8 Å². The molecule has 1 aliphatic carbocycles. The minimum absolute atomic E-state index is 0.0466. The molecule has 0 atom stereocenters. The quantitative estimate of drug-likeness (QED) is 0.834. The van der Waals surface area contributed by atoms with Gasteiger partial charge in [-0.2, -0.15) is 0 Å². The van der Waals surface area contributed by atoms with Gasteiger partial charge < -0.3 is 15.2 Å². The summed E-state index contributed by atoms with van der Waals surface area (Å²) in [7, 11) is 0. The van der Waals surface area contributed by atoms with E-state index < -0.39 is 11.5 Å². The Balaban J connectivity index is 2.13. The van der Waals surface area contributed by atoms with Gasteiger partial charge in [-0.3, -0.25) is 4.79 Å². The highest BCUT2D eigenvalue weighted by molar-refractivity contribution is 6.32. The summed E-state index contributed by atoms with van der Waals surface area (Å²) in [5.41, 5.74) is -0.479. The second kappa shape index (κ2) is 7.68. The number of carbonyl (C=O) groups excluding carboxylic acids is 1. The molecule has 1 aromatic rings. The monoisotopic (exact) mass is 339 g/mol. The number of amides is 1. The highest BCUT2D eigenvalue weighted by Gasteiger charge is 2.40. The molecule has 1 aromatic carbocycles. The third kappa shape index (κ3) is 4.16. The minimum atomic E-state index is -1.14. The largest absolute Gasteiger partial charge is 0.492 e. The van der Waals surface area contributed by atoms with Crippen LogP contribution in [0.1, 0.15) is 44.6 Å². The maximum Gasteiger partial charge on any atom is 0.329 e. The number of carboxylic acid groups (broad SMARTS) is 1. The van der Waals surface area contributed by atoms with Crippen molar-refractivity contribution in [2.45, 2.75) is 51.0 Å². The molecule has 1 amide bonds. The Morgan fingerprint density at radius 2 is 2.00 bits per heavy atom. The lowest BCUT2D eigenvalue weighted by Crippen LogP contribution is -2.56. The number of hydrogen-bond acceptors (Lipinski definition) is 3. The van der Waals surface area contributed by atoms with Crippen LogP contribution < -0.4 is 10.1 Å². The maximum atomic E-state index is 12.4. The molecular formula is C17H22ClNO4. The molecule has 126 valence electrons. The Morgan fingerprint density at radius 3 is 2.61 bits per heavy atom. The number of halogens is 1. The zero-order valence-electron chi connectivity index (χ0n) is 13.2. The molecule has 0 unspecified atom stereocenters. The summed E-state index contributed by atoms with van der Waals surface area (Å²) in [6, 6.07) is 5.22. The molecule has 0 saturated heterocycles. The normalized spacial score (nSPS) is 16.6. The highest BCUT2D eigenvalue weighted by Crippen LogP contribution is 2.31. The van der Waals surface area contributed by atoms with Gasteiger partial charge in [-0.1, -0.05) is 43.0 Å². The molecule has 0 bridgehead atoms. The van der Waals surface area contributed by atoms with E-state index in [1.807, 2.05) is 6.92 Å². The van der Waals surface area contributed by atoms with Crippen LogP contribution >= 0.6 is 11.6 Å². The SMILES string of the molecule is CCOc1c(Cl)cccc1CC(=O)NC1(C(=O)O)CCCCC1. The first-order valence-electron chi connectivity index (χ1n) is 7.93. The van der Waals surface area contributed by atoms with Crippen LogP contribution in [0.15, 0.2) is 18.2 Å². The molecular weight excluding hydrogens is 318 g/mol. The molecule has 0 aromatic heterocycles. The van der Waals surface area contributed by atoms with Crippen molar-refractivity contribution in [3.05, 3.63) is 28.8 Å². The number of carbonyl (C=O) groups is 2. The van der Waals surface area contributed by atoms with Crippen LogP contribution in [-0.2, 0) is 16.0 Å². The summed E-state index contributed by atoms with van der Waals surface area (Å²) in [5.74, 6) is -0.793. The van der Waals surface area contributed by atoms with Gasteiger partial charge in [-0.25, -0.2) is 4.79 Å². The van der Waals surface area contributed by atoms with Crippen LogP contribution in [0.3, 0.4) is 0 Å². The van der Waals surface area contributed by atoms with Crippen LogP contribution in [0.5, 0.6) is 5.75 Å². The average molecular weight is 340 g/mol. The van der Waals surface area contributed by atoms with E-state index in [-0.39, 0.29) is 12.3 Å². The van der Waals surface area contributed by atoms with E-state index in [2.05, 4.69) is 5.32 Å². The van der Waals surface area contributed by atoms with Gasteiger partial charge in [0.25, 0.3) is 0 Å². The average Bonchev–Trinajstić information content (AvgIpc) is 2.51. The van der Waals surface area contributed by atoms with Crippen molar-refractivity contribution in [3.8, 4) is 5.75 Å². The van der Waals surface area contributed by atoms with Gasteiger partial charge in [0, 0.05) is 5.56 Å². The van der Waals surface area contributed by atoms with Crippen molar-refractivity contribution in [2.24, 2.45) is 0 Å². The van der Waals surface area contributed by atoms with Crippen molar-refractivity contribution in [1.29, 1.82) is 0 Å². The fourth-order valence-electron chi connectivity index (χ4n) is 3.03. The van der Waals surface area contributed by atoms with Crippen LogP contribution in [0.2, 0.25) is 5.02 Å². The molecule has 0 spiro atoms. The molecule has 1 fully saturated rings. The minimum Gasteiger partial charge on any atom is -0.492 e. The van der Waals surface area contributed by atoms with Crippen molar-refractivity contribution in [1.82, 2.24) is 5.32 Å². The Labute approximate surface area is 141 Å². The van der Waals surface area contributed by atoms with E-state index in [1.165, 1.54) is 0 Å². The Kier molecular flexibility index (Phi) is 5.88. The standard InChI is InChI=1S/C17H22ClNO4/c1-2-23-15-12(7-6-8-13(15)18)11-14(20)19-17(16(21)22)9-4-3-5-10-17/h6-8H,2-5,9-11H2,1H3,(H,19,20)(H,21,22). The van der Waals surface area contributed by atoms with Crippen LogP contribution in [-0.4, -0.2) is 29.1 Å². The molecule has 0 radical (unpaired) electrons. The van der Waals surface area contributed by atoms with Crippen molar-refractivity contribution >= 4 is 23.5 Å². The first-order chi connectivity index (χ1) is 11.0. The second-order valence-corrected chi connectivity index (χ2v) is 6.24. The number of hydrogen-bond donors (Lipinski definition) is 2. The van der Waals surface area contributed by atoms with Crippen LogP contribution in [0, 0.1) is 0 Å². The number of benzene rings is 1. The lowest BCUT2D eigenvalue weighted by molar-refractivity contribution is -0.149. The van der Waals surface area contributed by atoms with Gasteiger partial charge in [0.05, 0.1) is 18.1 Å². The Morgan fingerprint density at radius 1 is 1.30 bits per heavy atom. The predicted octanol–water partition coefficient (Wildman–Crippen LogP) is 3.18. The van der Waals surface area contributed by atoms with E-state index in [0.29, 0.717) is 35.8 Å². The van der Waals surface area contributed by atoms with E-state index >= 15 is 0 Å². The van der Waals surface area contributed by atoms with E-state index in [4.69, 9.17) is 16.3 Å². The third-order valence-corrected chi connectivity index (χ3v) is 4.48. The van der Waals surface area contributed by atoms with Gasteiger partial charge >= 0.3 is 5.97 Å². The lowest BCUT2D eigenvalue weighted by Gasteiger charge is -2.34. The smallest absolute Gasteiger partial charge is 0.329 e. The molecule has 1 aliphatic rings. The zero-order valence-corrected chi connectivity index (χ0v) is 14.0. The van der Waals surface area contributed by atoms with Crippen molar-refractivity contribution < 1.29 is 19.4 Å². The van der Waals surface area contributed by atoms with Crippen molar-refractivity contribution in [2.75, 3.05) is 6.61 Å². The molecule has 2 rings (SSSR count). The first kappa shape index (κ1) is 17.6. The topological polar surface area (TPSA) is 75.6 Å². The third-order valence-electron chi connectivity index (χ3n) is 4.18. The number of nitrogens with one attached hydrogen (secondary N) is 1. The van der Waals surface area contributed by atoms with E-state index in [1.54, 1.807) is 18.2 Å². The highest BCUT2D eigenvalue weighted by atomic mass is 35.5. The predicted molar refractivity (Wildman–Crippen MR) is 87.9 cm³/mol. The maximum absolute atomic E-state index is 12.4. The van der Waals surface area contributed by atoms with Crippen LogP contribution in [0.25, 0.3) is 0 Å². The number of carboxylic acids is 1. The molecule has 6 heteroatoms. The molecule has 5 nitrogen and oxygen atoms in total. The van der Waals surface area contributed by atoms with Gasteiger partial charge in [0.15, 0.2) is 0 Å². The second-order valence-electron chi connectivity index (χ2n) is 5.83. The van der Waals surface area contributed by atoms with Crippen molar-refractivity contribution in [3.63, 3.8) is 0 Å². The summed E-state index contributed by atoms with van der Waals surface area (Å²) in [6.45, 7) is 2.28. The lowest BCUT2D eigenvalue weighted by atomic mass is 9.81. The van der Waals surface area contributed by atoms with Gasteiger partial charge in [0.1, 0.15) is 11.3 Å². The fourth-order valence-corrected chi connectivity index (χ4v) is 3.28. The summed E-state index contributed by atoms with van der Waals surface area (Å²) >= 11 is 6.11. The summed E-state index contributed by atoms with van der Waals surface area (Å²) in [6.07, 6.45) is 3.63. The summed E-state index contributed by atoms with van der Waals surface area (Å²) in [5, 5.41) is 12.7. The number of ether oxygens (including phenoxy) is 1. The number of rotatable bonds is 6. The first-order valence-corrected chi connectivity index (χ1v) is 8.31. The molecule has 23 heavy (non-hydrogen) atoms. The molecule has 2 N–H and O–H groups in total. The number of aliphatic carboxylic acids is 1.